The van der Waals surface area contributed by atoms with Crippen molar-refractivity contribution in [3.63, 3.8) is 0 Å². The zero-order chi connectivity index (χ0) is 21.3. The van der Waals surface area contributed by atoms with Gasteiger partial charge in [0.1, 0.15) is 23.6 Å². The first kappa shape index (κ1) is 19.7. The van der Waals surface area contributed by atoms with Gasteiger partial charge in [-0.05, 0) is 50.6 Å². The average Bonchev–Trinajstić information content (AvgIpc) is 3.10. The topological polar surface area (TPSA) is 77.6 Å². The molecule has 1 N–H and O–H groups in total. The Hall–Kier alpha value is -3.61. The van der Waals surface area contributed by atoms with Crippen molar-refractivity contribution >= 4 is 28.0 Å². The van der Waals surface area contributed by atoms with E-state index in [9.17, 15) is 9.59 Å². The average molecular weight is 404 g/mol. The number of para-hydroxylation sites is 2. The third-order valence-corrected chi connectivity index (χ3v) is 5.14. The molecular weight excluding hydrogens is 380 g/mol. The lowest BCUT2D eigenvalue weighted by Crippen LogP contribution is -2.35. The van der Waals surface area contributed by atoms with Gasteiger partial charge in [0, 0.05) is 5.39 Å². The molecule has 2 aromatic heterocycles. The third kappa shape index (κ3) is 3.43. The Balaban J connectivity index is 1.72. The maximum Gasteiger partial charge on any atom is 0.291 e. The molecule has 7 nitrogen and oxygen atoms in total. The minimum Gasteiger partial charge on any atom is -0.492 e. The van der Waals surface area contributed by atoms with Gasteiger partial charge in [-0.25, -0.2) is 4.68 Å². The fourth-order valence-electron chi connectivity index (χ4n) is 3.68. The summed E-state index contributed by atoms with van der Waals surface area (Å²) in [5.41, 5.74) is 2.79. The van der Waals surface area contributed by atoms with Crippen LogP contribution in [0.25, 0.3) is 16.4 Å². The van der Waals surface area contributed by atoms with E-state index in [4.69, 9.17) is 4.74 Å². The number of hydrogen-bond donors (Lipinski definition) is 1. The first-order valence-electron chi connectivity index (χ1n) is 10.1. The molecule has 0 aliphatic rings. The van der Waals surface area contributed by atoms with E-state index in [2.05, 4.69) is 10.4 Å². The SMILES string of the molecule is CCOc1ccccc1NC(=O)C(CC)n1ncn2c(cc3cc(C)ccc32)c1=O. The van der Waals surface area contributed by atoms with Crippen molar-refractivity contribution in [3.8, 4) is 5.75 Å². The second-order valence-corrected chi connectivity index (χ2v) is 7.18. The van der Waals surface area contributed by atoms with Crippen LogP contribution in [0.4, 0.5) is 5.69 Å². The number of aryl methyl sites for hydroxylation is 1. The molecule has 7 heteroatoms. The van der Waals surface area contributed by atoms with Crippen molar-refractivity contribution < 1.29 is 9.53 Å². The summed E-state index contributed by atoms with van der Waals surface area (Å²) in [6, 6.07) is 14.3. The minimum absolute atomic E-state index is 0.300. The van der Waals surface area contributed by atoms with E-state index in [1.807, 2.05) is 57.2 Å². The van der Waals surface area contributed by atoms with Crippen molar-refractivity contribution in [3.05, 3.63) is 70.8 Å². The second-order valence-electron chi connectivity index (χ2n) is 7.18. The van der Waals surface area contributed by atoms with Gasteiger partial charge in [-0.3, -0.25) is 14.0 Å². The predicted octanol–water partition coefficient (Wildman–Crippen LogP) is 3.95. The van der Waals surface area contributed by atoms with Gasteiger partial charge in [-0.2, -0.15) is 5.10 Å². The summed E-state index contributed by atoms with van der Waals surface area (Å²) in [7, 11) is 0. The molecule has 154 valence electrons. The monoisotopic (exact) mass is 404 g/mol. The molecule has 1 atom stereocenters. The molecule has 0 spiro atoms. The van der Waals surface area contributed by atoms with Gasteiger partial charge in [0.25, 0.3) is 5.56 Å². The zero-order valence-corrected chi connectivity index (χ0v) is 17.3. The molecule has 0 aliphatic carbocycles. The summed E-state index contributed by atoms with van der Waals surface area (Å²) >= 11 is 0. The number of rotatable bonds is 6. The van der Waals surface area contributed by atoms with Crippen LogP contribution in [-0.2, 0) is 4.79 Å². The Morgan fingerprint density at radius 2 is 1.93 bits per heavy atom. The Bertz CT molecular complexity index is 1290. The highest BCUT2D eigenvalue weighted by molar-refractivity contribution is 5.95. The lowest BCUT2D eigenvalue weighted by molar-refractivity contribution is -0.119. The van der Waals surface area contributed by atoms with E-state index in [0.717, 1.165) is 16.5 Å². The van der Waals surface area contributed by atoms with Gasteiger partial charge >= 0.3 is 0 Å². The number of fused-ring (bicyclic) bond motifs is 3. The number of amides is 1. The van der Waals surface area contributed by atoms with Crippen LogP contribution in [0.2, 0.25) is 0 Å². The van der Waals surface area contributed by atoms with Crippen molar-refractivity contribution in [2.45, 2.75) is 33.2 Å². The van der Waals surface area contributed by atoms with Crippen LogP contribution in [-0.4, -0.2) is 26.7 Å². The predicted molar refractivity (Wildman–Crippen MR) is 117 cm³/mol. The van der Waals surface area contributed by atoms with Crippen LogP contribution in [0.1, 0.15) is 31.9 Å². The number of anilines is 1. The van der Waals surface area contributed by atoms with Crippen LogP contribution in [0.15, 0.2) is 59.7 Å². The fourth-order valence-corrected chi connectivity index (χ4v) is 3.68. The highest BCUT2D eigenvalue weighted by Gasteiger charge is 2.23. The van der Waals surface area contributed by atoms with Gasteiger partial charge in [-0.1, -0.05) is 30.7 Å². The standard InChI is InChI=1S/C23H24N4O3/c1-4-18(22(28)25-17-8-6-7-9-21(17)30-5-2)27-23(29)20-13-16-12-15(3)10-11-19(16)26(20)14-24-27/h6-14,18H,4-5H2,1-3H3,(H,25,28). The van der Waals surface area contributed by atoms with Gasteiger partial charge in [0.05, 0.1) is 17.8 Å². The first-order valence-corrected chi connectivity index (χ1v) is 10.1. The van der Waals surface area contributed by atoms with Crippen molar-refractivity contribution in [1.29, 1.82) is 0 Å². The molecule has 2 heterocycles. The Morgan fingerprint density at radius 3 is 2.70 bits per heavy atom. The van der Waals surface area contributed by atoms with E-state index in [-0.39, 0.29) is 11.5 Å². The maximum absolute atomic E-state index is 13.2. The van der Waals surface area contributed by atoms with Gasteiger partial charge < -0.3 is 10.1 Å². The number of hydrogen-bond acceptors (Lipinski definition) is 4. The van der Waals surface area contributed by atoms with Crippen molar-refractivity contribution in [1.82, 2.24) is 14.2 Å². The zero-order valence-electron chi connectivity index (χ0n) is 17.3. The number of aromatic nitrogens is 3. The molecule has 0 saturated heterocycles. The number of carbonyl (C=O) groups excluding carboxylic acids is 1. The largest absolute Gasteiger partial charge is 0.492 e. The second kappa shape index (κ2) is 8.02. The number of nitrogens with one attached hydrogen (secondary N) is 1. The van der Waals surface area contributed by atoms with E-state index in [1.165, 1.54) is 4.68 Å². The van der Waals surface area contributed by atoms with Gasteiger partial charge in [0.15, 0.2) is 0 Å². The minimum atomic E-state index is -0.739. The summed E-state index contributed by atoms with van der Waals surface area (Å²) in [4.78, 5) is 26.2. The molecule has 1 amide bonds. The summed E-state index contributed by atoms with van der Waals surface area (Å²) in [5.74, 6) is 0.280. The Morgan fingerprint density at radius 1 is 1.13 bits per heavy atom. The van der Waals surface area contributed by atoms with Crippen LogP contribution < -0.4 is 15.6 Å². The molecule has 0 radical (unpaired) electrons. The Kier molecular flexibility index (Phi) is 5.27. The summed E-state index contributed by atoms with van der Waals surface area (Å²) in [6.45, 7) is 6.24. The molecule has 0 fully saturated rings. The van der Waals surface area contributed by atoms with Crippen LogP contribution >= 0.6 is 0 Å². The van der Waals surface area contributed by atoms with E-state index < -0.39 is 6.04 Å². The summed E-state index contributed by atoms with van der Waals surface area (Å²) in [6.07, 6.45) is 2.02. The highest BCUT2D eigenvalue weighted by Crippen LogP contribution is 2.25. The number of nitrogens with zero attached hydrogens (tertiary/aromatic N) is 3. The van der Waals surface area contributed by atoms with Crippen LogP contribution in [0, 0.1) is 6.92 Å². The lowest BCUT2D eigenvalue weighted by Gasteiger charge is -2.18. The molecule has 0 bridgehead atoms. The molecule has 4 rings (SSSR count). The number of carbonyl (C=O) groups is 1. The highest BCUT2D eigenvalue weighted by atomic mass is 16.5. The summed E-state index contributed by atoms with van der Waals surface area (Å²) in [5, 5.41) is 8.17. The van der Waals surface area contributed by atoms with Crippen molar-refractivity contribution in [2.24, 2.45) is 0 Å². The molecule has 1 unspecified atom stereocenters. The molecule has 30 heavy (non-hydrogen) atoms. The van der Waals surface area contributed by atoms with Crippen LogP contribution in [0.5, 0.6) is 5.75 Å². The van der Waals surface area contributed by atoms with E-state index in [0.29, 0.717) is 30.0 Å². The van der Waals surface area contributed by atoms with Gasteiger partial charge in [-0.15, -0.1) is 0 Å². The molecule has 0 saturated carbocycles. The molecule has 0 aliphatic heterocycles. The summed E-state index contributed by atoms with van der Waals surface area (Å²) < 4.78 is 8.61. The molecule has 2 aromatic carbocycles. The third-order valence-electron chi connectivity index (χ3n) is 5.14. The fraction of sp³-hybridized carbons (Fsp3) is 0.261. The quantitative estimate of drug-likeness (QED) is 0.528. The van der Waals surface area contributed by atoms with Crippen LogP contribution in [0.3, 0.4) is 0 Å². The van der Waals surface area contributed by atoms with E-state index in [1.54, 1.807) is 22.9 Å². The smallest absolute Gasteiger partial charge is 0.291 e. The molecule has 4 aromatic rings. The first-order chi connectivity index (χ1) is 14.5. The number of benzene rings is 2. The normalized spacial score (nSPS) is 12.2. The van der Waals surface area contributed by atoms with E-state index >= 15 is 0 Å². The maximum atomic E-state index is 13.2. The lowest BCUT2D eigenvalue weighted by atomic mass is 10.2. The van der Waals surface area contributed by atoms with Crippen molar-refractivity contribution in [2.75, 3.05) is 11.9 Å². The number of ether oxygens (including phenoxy) is 1. The Labute approximate surface area is 173 Å². The molecular formula is C23H24N4O3. The van der Waals surface area contributed by atoms with Gasteiger partial charge in [0.2, 0.25) is 5.91 Å².